The molecule has 4 rings (SSSR count). The molecule has 0 spiro atoms. The van der Waals surface area contributed by atoms with Gasteiger partial charge in [-0.25, -0.2) is 18.1 Å². The van der Waals surface area contributed by atoms with E-state index in [9.17, 15) is 13.2 Å². The van der Waals surface area contributed by atoms with Crippen molar-refractivity contribution in [1.29, 1.82) is 0 Å². The molecule has 0 saturated heterocycles. The van der Waals surface area contributed by atoms with Crippen molar-refractivity contribution in [2.24, 2.45) is 0 Å². The van der Waals surface area contributed by atoms with Gasteiger partial charge >= 0.3 is 0 Å². The highest BCUT2D eigenvalue weighted by molar-refractivity contribution is 7.89. The molecule has 0 radical (unpaired) electrons. The van der Waals surface area contributed by atoms with Crippen molar-refractivity contribution in [1.82, 2.24) is 15.0 Å². The zero-order valence-corrected chi connectivity index (χ0v) is 17.6. The Balaban J connectivity index is 1.22. The lowest BCUT2D eigenvalue weighted by molar-refractivity contribution is -0.121. The van der Waals surface area contributed by atoms with Crippen LogP contribution in [0, 0.1) is 0 Å². The summed E-state index contributed by atoms with van der Waals surface area (Å²) in [5, 5.41) is 3.94. The van der Waals surface area contributed by atoms with Crippen LogP contribution >= 0.6 is 11.3 Å². The highest BCUT2D eigenvalue weighted by Crippen LogP contribution is 2.23. The number of nitrogens with zero attached hydrogens (tertiary/aromatic N) is 1. The summed E-state index contributed by atoms with van der Waals surface area (Å²) in [5.41, 5.74) is 1.88. The van der Waals surface area contributed by atoms with E-state index < -0.39 is 10.0 Å². The fraction of sp³-hybridized carbons (Fsp3) is 0.333. The Morgan fingerprint density at radius 2 is 1.86 bits per heavy atom. The van der Waals surface area contributed by atoms with Crippen LogP contribution in [0.1, 0.15) is 36.3 Å². The number of nitrogens with one attached hydrogen (secondary N) is 2. The Bertz CT molecular complexity index is 1070. The lowest BCUT2D eigenvalue weighted by atomic mass is 10.2. The molecule has 1 aromatic heterocycles. The van der Waals surface area contributed by atoms with Crippen LogP contribution in [0.4, 0.5) is 0 Å². The second-order valence-electron chi connectivity index (χ2n) is 7.25. The number of sulfonamides is 1. The van der Waals surface area contributed by atoms with Gasteiger partial charge in [0.25, 0.3) is 0 Å². The molecule has 1 aliphatic carbocycles. The van der Waals surface area contributed by atoms with Gasteiger partial charge in [-0.1, -0.05) is 24.3 Å². The first-order valence-electron chi connectivity index (χ1n) is 9.72. The molecule has 1 aliphatic rings. The fourth-order valence-electron chi connectivity index (χ4n) is 2.99. The fourth-order valence-corrected chi connectivity index (χ4v) is 5.31. The number of hydrogen-bond donors (Lipinski definition) is 2. The normalized spacial score (nSPS) is 14.2. The van der Waals surface area contributed by atoms with Crippen molar-refractivity contribution in [2.75, 3.05) is 0 Å². The van der Waals surface area contributed by atoms with Crippen LogP contribution in [-0.4, -0.2) is 25.4 Å². The largest absolute Gasteiger partial charge is 0.352 e. The van der Waals surface area contributed by atoms with Crippen molar-refractivity contribution < 1.29 is 13.2 Å². The number of aryl methyl sites for hydroxylation is 1. The average molecular weight is 430 g/mol. The lowest BCUT2D eigenvalue weighted by Crippen LogP contribution is -2.26. The Morgan fingerprint density at radius 1 is 1.10 bits per heavy atom. The molecule has 2 N–H and O–H groups in total. The van der Waals surface area contributed by atoms with Gasteiger partial charge in [0.05, 0.1) is 20.1 Å². The molecule has 3 aromatic rings. The van der Waals surface area contributed by atoms with Crippen molar-refractivity contribution in [2.45, 2.75) is 49.6 Å². The molecular weight excluding hydrogens is 406 g/mol. The minimum atomic E-state index is -3.44. The molecule has 0 aliphatic heterocycles. The number of amides is 1. The molecule has 1 amide bonds. The number of fused-ring (bicyclic) bond motifs is 1. The molecule has 1 fully saturated rings. The van der Waals surface area contributed by atoms with Gasteiger partial charge in [0, 0.05) is 19.0 Å². The van der Waals surface area contributed by atoms with Crippen LogP contribution < -0.4 is 10.0 Å². The molecule has 152 valence electrons. The predicted molar refractivity (Wildman–Crippen MR) is 114 cm³/mol. The number of thiazole rings is 1. The van der Waals surface area contributed by atoms with Crippen LogP contribution in [0.3, 0.4) is 0 Å². The summed E-state index contributed by atoms with van der Waals surface area (Å²) in [5.74, 6) is -0.0155. The zero-order chi connectivity index (χ0) is 20.3. The predicted octanol–water partition coefficient (Wildman–Crippen LogP) is 3.38. The lowest BCUT2D eigenvalue weighted by Gasteiger charge is -2.08. The number of hydrogen-bond acceptors (Lipinski definition) is 5. The SMILES string of the molecule is O=C(CCCc1nc2ccccc2s1)NCc1ccc(S(=O)(=O)NC2CC2)cc1. The summed E-state index contributed by atoms with van der Waals surface area (Å²) in [4.78, 5) is 16.9. The molecule has 0 bridgehead atoms. The second-order valence-corrected chi connectivity index (χ2v) is 10.1. The van der Waals surface area contributed by atoms with Crippen LogP contribution in [0.15, 0.2) is 53.4 Å². The molecular formula is C21H23N3O3S2. The van der Waals surface area contributed by atoms with Crippen LogP contribution in [0.2, 0.25) is 0 Å². The van der Waals surface area contributed by atoms with Gasteiger partial charge in [0.15, 0.2) is 0 Å². The summed E-state index contributed by atoms with van der Waals surface area (Å²) in [6, 6.07) is 14.8. The Labute approximate surface area is 174 Å². The minimum Gasteiger partial charge on any atom is -0.352 e. The minimum absolute atomic E-state index is 0.0155. The van der Waals surface area contributed by atoms with Crippen LogP contribution in [0.25, 0.3) is 10.2 Å². The third-order valence-electron chi connectivity index (χ3n) is 4.76. The molecule has 29 heavy (non-hydrogen) atoms. The van der Waals surface area contributed by atoms with E-state index in [4.69, 9.17) is 0 Å². The first kappa shape index (κ1) is 20.0. The third kappa shape index (κ3) is 5.41. The van der Waals surface area contributed by atoms with Gasteiger partial charge < -0.3 is 5.32 Å². The molecule has 2 aromatic carbocycles. The van der Waals surface area contributed by atoms with Gasteiger partial charge in [0.2, 0.25) is 15.9 Å². The van der Waals surface area contributed by atoms with Gasteiger partial charge in [0.1, 0.15) is 0 Å². The third-order valence-corrected chi connectivity index (χ3v) is 7.39. The summed E-state index contributed by atoms with van der Waals surface area (Å²) in [6.07, 6.45) is 3.78. The van der Waals surface area contributed by atoms with Gasteiger partial charge in [-0.05, 0) is 55.5 Å². The van der Waals surface area contributed by atoms with Crippen molar-refractivity contribution in [3.05, 3.63) is 59.1 Å². The smallest absolute Gasteiger partial charge is 0.240 e. The Kier molecular flexibility index (Phi) is 5.94. The van der Waals surface area contributed by atoms with E-state index in [1.165, 1.54) is 4.70 Å². The van der Waals surface area contributed by atoms with Crippen molar-refractivity contribution in [3.63, 3.8) is 0 Å². The number of rotatable bonds is 9. The van der Waals surface area contributed by atoms with Crippen LogP contribution in [-0.2, 0) is 27.8 Å². The molecule has 0 atom stereocenters. The summed E-state index contributed by atoms with van der Waals surface area (Å²) >= 11 is 1.67. The molecule has 1 heterocycles. The van der Waals surface area contributed by atoms with E-state index in [0.29, 0.717) is 13.0 Å². The molecule has 1 saturated carbocycles. The highest BCUT2D eigenvalue weighted by atomic mass is 32.2. The summed E-state index contributed by atoms with van der Waals surface area (Å²) in [7, 11) is -3.44. The number of aromatic nitrogens is 1. The maximum absolute atomic E-state index is 12.2. The van der Waals surface area contributed by atoms with Crippen molar-refractivity contribution >= 4 is 37.5 Å². The van der Waals surface area contributed by atoms with E-state index in [0.717, 1.165) is 41.8 Å². The average Bonchev–Trinajstić information content (AvgIpc) is 3.41. The Morgan fingerprint density at radius 3 is 2.59 bits per heavy atom. The number of para-hydroxylation sites is 1. The van der Waals surface area contributed by atoms with Crippen molar-refractivity contribution in [3.8, 4) is 0 Å². The zero-order valence-electron chi connectivity index (χ0n) is 15.9. The van der Waals surface area contributed by atoms with E-state index in [1.807, 2.05) is 18.2 Å². The highest BCUT2D eigenvalue weighted by Gasteiger charge is 2.27. The summed E-state index contributed by atoms with van der Waals surface area (Å²) < 4.78 is 28.2. The first-order chi connectivity index (χ1) is 14.0. The topological polar surface area (TPSA) is 88.2 Å². The first-order valence-corrected chi connectivity index (χ1v) is 12.0. The monoisotopic (exact) mass is 429 g/mol. The Hall–Kier alpha value is -2.29. The van der Waals surface area contributed by atoms with E-state index in [-0.39, 0.29) is 16.8 Å². The number of benzene rings is 2. The summed E-state index contributed by atoms with van der Waals surface area (Å²) in [6.45, 7) is 0.385. The maximum atomic E-state index is 12.2. The molecule has 8 heteroatoms. The van der Waals surface area contributed by atoms with Crippen LogP contribution in [0.5, 0.6) is 0 Å². The second kappa shape index (κ2) is 8.61. The number of carbonyl (C=O) groups excluding carboxylic acids is 1. The van der Waals surface area contributed by atoms with E-state index in [1.54, 1.807) is 35.6 Å². The number of carbonyl (C=O) groups is 1. The standard InChI is InChI=1S/C21H23N3O3S2/c25-20(6-3-7-21-23-18-4-1-2-5-19(18)28-21)22-14-15-8-12-17(13-9-15)29(26,27)24-16-10-11-16/h1-2,4-5,8-9,12-13,16,24H,3,6-7,10-11,14H2,(H,22,25). The van der Waals surface area contributed by atoms with E-state index in [2.05, 4.69) is 21.1 Å². The maximum Gasteiger partial charge on any atom is 0.240 e. The van der Waals surface area contributed by atoms with E-state index >= 15 is 0 Å². The van der Waals surface area contributed by atoms with Gasteiger partial charge in [-0.15, -0.1) is 11.3 Å². The van der Waals surface area contributed by atoms with Gasteiger partial charge in [-0.2, -0.15) is 0 Å². The molecule has 0 unspecified atom stereocenters. The quantitative estimate of drug-likeness (QED) is 0.546. The van der Waals surface area contributed by atoms with Gasteiger partial charge in [-0.3, -0.25) is 4.79 Å². The molecule has 6 nitrogen and oxygen atoms in total.